The summed E-state index contributed by atoms with van der Waals surface area (Å²) in [7, 11) is 1.74. The first-order valence-electron chi connectivity index (χ1n) is 12.4. The highest BCUT2D eigenvalue weighted by molar-refractivity contribution is 6.02. The summed E-state index contributed by atoms with van der Waals surface area (Å²) in [6.07, 6.45) is 3.14. The molecule has 0 atom stereocenters. The molecule has 184 valence electrons. The zero-order chi connectivity index (χ0) is 24.7. The smallest absolute Gasteiger partial charge is 0.330 e. The second-order valence-corrected chi connectivity index (χ2v) is 10.7. The number of benzene rings is 1. The number of nitrogens with zero attached hydrogens (tertiary/aromatic N) is 6. The van der Waals surface area contributed by atoms with Crippen molar-refractivity contribution in [2.75, 3.05) is 26.2 Å². The Hall–Kier alpha value is -3.10. The van der Waals surface area contributed by atoms with Crippen molar-refractivity contribution in [1.29, 1.82) is 0 Å². The van der Waals surface area contributed by atoms with Crippen molar-refractivity contribution in [1.82, 2.24) is 29.2 Å². The Kier molecular flexibility index (Phi) is 6.19. The Morgan fingerprint density at radius 2 is 1.91 bits per heavy atom. The molecule has 5 rings (SSSR count). The van der Waals surface area contributed by atoms with E-state index in [1.807, 2.05) is 38.2 Å². The van der Waals surface area contributed by atoms with Crippen LogP contribution < -0.4 is 5.69 Å². The highest BCUT2D eigenvalue weighted by Crippen LogP contribution is 2.29. The quantitative estimate of drug-likeness (QED) is 0.374. The molecule has 0 spiro atoms. The molecule has 1 fully saturated rings. The van der Waals surface area contributed by atoms with Crippen molar-refractivity contribution in [2.24, 2.45) is 12.5 Å². The number of fused-ring (bicyclic) bond motifs is 3. The summed E-state index contributed by atoms with van der Waals surface area (Å²) in [6, 6.07) is 10.2. The molecule has 1 saturated heterocycles. The van der Waals surface area contributed by atoms with Crippen LogP contribution in [-0.4, -0.2) is 55.5 Å². The van der Waals surface area contributed by atoms with Crippen molar-refractivity contribution in [3.63, 3.8) is 0 Å². The van der Waals surface area contributed by atoms with E-state index in [2.05, 4.69) is 46.1 Å². The molecule has 0 amide bonds. The second-order valence-electron chi connectivity index (χ2n) is 10.7. The monoisotopic (exact) mass is 474 g/mol. The molecule has 1 aromatic carbocycles. The molecule has 0 N–H and O–H groups in total. The topological polar surface area (TPSA) is 78.1 Å². The second kappa shape index (κ2) is 9.17. The van der Waals surface area contributed by atoms with E-state index in [0.29, 0.717) is 17.7 Å². The van der Waals surface area contributed by atoms with Crippen LogP contribution in [0.25, 0.3) is 33.2 Å². The van der Waals surface area contributed by atoms with Gasteiger partial charge in [0, 0.05) is 43.3 Å². The summed E-state index contributed by atoms with van der Waals surface area (Å²) in [6.45, 7) is 13.2. The minimum absolute atomic E-state index is 0.0140. The first-order valence-corrected chi connectivity index (χ1v) is 12.4. The van der Waals surface area contributed by atoms with Crippen LogP contribution in [0, 0.1) is 5.41 Å². The van der Waals surface area contributed by atoms with Gasteiger partial charge in [0.1, 0.15) is 5.52 Å². The molecular formula is C27H34N6O2. The zero-order valence-electron chi connectivity index (χ0n) is 21.3. The van der Waals surface area contributed by atoms with Crippen LogP contribution in [0.2, 0.25) is 0 Å². The molecule has 35 heavy (non-hydrogen) atoms. The van der Waals surface area contributed by atoms with Gasteiger partial charge in [0.25, 0.3) is 0 Å². The van der Waals surface area contributed by atoms with E-state index < -0.39 is 0 Å². The van der Waals surface area contributed by atoms with Gasteiger partial charge in [0.05, 0.1) is 24.4 Å². The van der Waals surface area contributed by atoms with Crippen LogP contribution in [0.4, 0.5) is 0 Å². The summed E-state index contributed by atoms with van der Waals surface area (Å²) < 4.78 is 9.25. The third kappa shape index (κ3) is 4.60. The lowest BCUT2D eigenvalue weighted by atomic mass is 9.93. The molecule has 3 aromatic heterocycles. The predicted molar refractivity (Wildman–Crippen MR) is 138 cm³/mol. The Morgan fingerprint density at radius 1 is 1.11 bits per heavy atom. The Balaban J connectivity index is 1.33. The summed E-state index contributed by atoms with van der Waals surface area (Å²) in [5.41, 5.74) is 5.47. The van der Waals surface area contributed by atoms with Crippen LogP contribution >= 0.6 is 0 Å². The van der Waals surface area contributed by atoms with Crippen molar-refractivity contribution in [3.8, 4) is 11.1 Å². The molecule has 0 saturated carbocycles. The molecule has 8 nitrogen and oxygen atoms in total. The highest BCUT2D eigenvalue weighted by Gasteiger charge is 2.28. The van der Waals surface area contributed by atoms with Gasteiger partial charge < -0.3 is 9.64 Å². The number of rotatable bonds is 7. The van der Waals surface area contributed by atoms with Crippen LogP contribution in [-0.2, 0) is 18.4 Å². The van der Waals surface area contributed by atoms with Crippen molar-refractivity contribution in [2.45, 2.75) is 46.8 Å². The van der Waals surface area contributed by atoms with Gasteiger partial charge in [-0.3, -0.25) is 14.1 Å². The number of hydrogen-bond donors (Lipinski definition) is 0. The van der Waals surface area contributed by atoms with Crippen LogP contribution in [0.5, 0.6) is 0 Å². The van der Waals surface area contributed by atoms with Crippen LogP contribution in [0.1, 0.15) is 45.9 Å². The number of hydrogen-bond acceptors (Lipinski definition) is 6. The van der Waals surface area contributed by atoms with Crippen molar-refractivity contribution >= 4 is 22.1 Å². The van der Waals surface area contributed by atoms with E-state index in [0.717, 1.165) is 59.5 Å². The Morgan fingerprint density at radius 3 is 2.60 bits per heavy atom. The number of ether oxygens (including phenoxy) is 1. The third-order valence-corrected chi connectivity index (χ3v) is 7.00. The first-order chi connectivity index (χ1) is 16.7. The average molecular weight is 475 g/mol. The lowest BCUT2D eigenvalue weighted by Gasteiger charge is -2.19. The van der Waals surface area contributed by atoms with Crippen molar-refractivity contribution < 1.29 is 4.74 Å². The van der Waals surface area contributed by atoms with E-state index in [-0.39, 0.29) is 11.7 Å². The largest absolute Gasteiger partial charge is 0.374 e. The van der Waals surface area contributed by atoms with E-state index in [1.54, 1.807) is 16.2 Å². The molecule has 0 aliphatic carbocycles. The average Bonchev–Trinajstić information content (AvgIpc) is 3.32. The predicted octanol–water partition coefficient (Wildman–Crippen LogP) is 4.17. The minimum Gasteiger partial charge on any atom is -0.374 e. The van der Waals surface area contributed by atoms with E-state index >= 15 is 0 Å². The number of aromatic nitrogens is 5. The third-order valence-electron chi connectivity index (χ3n) is 7.00. The van der Waals surface area contributed by atoms with Crippen molar-refractivity contribution in [3.05, 3.63) is 52.7 Å². The summed E-state index contributed by atoms with van der Waals surface area (Å²) >= 11 is 0. The Bertz CT molecular complexity index is 1420. The molecule has 0 bridgehead atoms. The van der Waals surface area contributed by atoms with Gasteiger partial charge in [-0.25, -0.2) is 4.79 Å². The number of likely N-dealkylation sites (tertiary alicyclic amines) is 1. The van der Waals surface area contributed by atoms with E-state index in [4.69, 9.17) is 4.74 Å². The maximum atomic E-state index is 12.8. The van der Waals surface area contributed by atoms with Gasteiger partial charge in [-0.1, -0.05) is 26.0 Å². The summed E-state index contributed by atoms with van der Waals surface area (Å²) in [5.74, 6) is 0. The molecule has 1 aliphatic rings. The SMILES string of the molecule is CC(C)n1c(=O)n(C)c2nnc3ccc(-c4ccc(COCCN5CCC(C)(C)C5)nc4)cc3c21. The highest BCUT2D eigenvalue weighted by atomic mass is 16.5. The van der Waals surface area contributed by atoms with Gasteiger partial charge in [-0.05, 0) is 56.0 Å². The fraction of sp³-hybridized carbons (Fsp3) is 0.481. The summed E-state index contributed by atoms with van der Waals surface area (Å²) in [4.78, 5) is 19.9. The molecule has 4 heterocycles. The molecule has 0 unspecified atom stereocenters. The Labute approximate surface area is 205 Å². The zero-order valence-corrected chi connectivity index (χ0v) is 21.3. The molecule has 1 aliphatic heterocycles. The van der Waals surface area contributed by atoms with Gasteiger partial charge in [0.2, 0.25) is 0 Å². The standard InChI is InChI=1S/C27H34N6O2/c1-18(2)33-24-22-14-19(7-9-23(22)29-30-25(24)31(5)26(33)34)20-6-8-21(28-15-20)16-35-13-12-32-11-10-27(3,4)17-32/h6-9,14-15,18H,10-13,16-17H2,1-5H3. The van der Waals surface area contributed by atoms with E-state index in [1.165, 1.54) is 6.42 Å². The maximum absolute atomic E-state index is 12.8. The molecule has 4 aromatic rings. The van der Waals surface area contributed by atoms with Gasteiger partial charge in [-0.2, -0.15) is 0 Å². The van der Waals surface area contributed by atoms with Crippen LogP contribution in [0.15, 0.2) is 41.3 Å². The number of pyridine rings is 1. The van der Waals surface area contributed by atoms with E-state index in [9.17, 15) is 4.79 Å². The fourth-order valence-corrected chi connectivity index (χ4v) is 5.02. The number of aryl methyl sites for hydroxylation is 1. The molecular weight excluding hydrogens is 440 g/mol. The molecule has 0 radical (unpaired) electrons. The normalized spacial score (nSPS) is 16.2. The minimum atomic E-state index is -0.0818. The first kappa shape index (κ1) is 23.6. The van der Waals surface area contributed by atoms with Gasteiger partial charge in [0.15, 0.2) is 5.65 Å². The molecule has 8 heteroatoms. The van der Waals surface area contributed by atoms with Gasteiger partial charge in [-0.15, -0.1) is 10.2 Å². The maximum Gasteiger partial charge on any atom is 0.330 e. The fourth-order valence-electron chi connectivity index (χ4n) is 5.02. The number of imidazole rings is 1. The summed E-state index contributed by atoms with van der Waals surface area (Å²) in [5, 5.41) is 9.58. The lowest BCUT2D eigenvalue weighted by molar-refractivity contribution is 0.0946. The lowest BCUT2D eigenvalue weighted by Crippen LogP contribution is -2.27. The van der Waals surface area contributed by atoms with Crippen LogP contribution in [0.3, 0.4) is 0 Å². The van der Waals surface area contributed by atoms with Gasteiger partial charge >= 0.3 is 5.69 Å².